The lowest BCUT2D eigenvalue weighted by atomic mass is 9.84. The lowest BCUT2D eigenvalue weighted by molar-refractivity contribution is -0.153. The first kappa shape index (κ1) is 37.3. The van der Waals surface area contributed by atoms with Crippen LogP contribution < -0.4 is 16.1 Å². The summed E-state index contributed by atoms with van der Waals surface area (Å²) in [4.78, 5) is 84.8. The number of carbonyl (C=O) groups excluding carboxylic acids is 6. The Balaban J connectivity index is 1.33. The summed E-state index contributed by atoms with van der Waals surface area (Å²) in [5.41, 5.74) is 1.89. The monoisotopic (exact) mass is 692 g/mol. The van der Waals surface area contributed by atoms with Gasteiger partial charge in [0.25, 0.3) is 11.8 Å². The lowest BCUT2D eigenvalue weighted by Crippen LogP contribution is -2.63. The van der Waals surface area contributed by atoms with Gasteiger partial charge in [-0.2, -0.15) is 0 Å². The summed E-state index contributed by atoms with van der Waals surface area (Å²) in [6, 6.07) is 5.76. The third-order valence-corrected chi connectivity index (χ3v) is 11.5. The minimum absolute atomic E-state index is 0.0541. The molecule has 7 amide bonds. The number of hydrogen-bond donors (Lipinski definition) is 3. The molecule has 4 aliphatic rings. The third-order valence-electron chi connectivity index (χ3n) is 11.5. The van der Waals surface area contributed by atoms with E-state index in [1.807, 2.05) is 54.5 Å². The molecule has 7 atom stereocenters. The Bertz CT molecular complexity index is 1490. The molecule has 2 saturated carbocycles. The lowest BCUT2D eigenvalue weighted by Gasteiger charge is -2.40. The zero-order chi connectivity index (χ0) is 36.9. The van der Waals surface area contributed by atoms with E-state index in [1.54, 1.807) is 29.2 Å². The number of hydrazine groups is 1. The van der Waals surface area contributed by atoms with Crippen molar-refractivity contribution in [2.75, 3.05) is 19.6 Å². The Kier molecular flexibility index (Phi) is 10.2. The average Bonchev–Trinajstić information content (AvgIpc) is 3.43. The van der Waals surface area contributed by atoms with Gasteiger partial charge in [0.05, 0.1) is 6.04 Å². The molecule has 1 aromatic carbocycles. The van der Waals surface area contributed by atoms with Gasteiger partial charge >= 0.3 is 6.03 Å². The van der Waals surface area contributed by atoms with Crippen molar-refractivity contribution in [1.82, 2.24) is 30.9 Å². The summed E-state index contributed by atoms with van der Waals surface area (Å²) in [6.07, 6.45) is 2.64. The van der Waals surface area contributed by atoms with E-state index in [0.717, 1.165) is 0 Å². The number of piperidine rings is 2. The molecule has 2 heterocycles. The molecule has 2 saturated heterocycles. The van der Waals surface area contributed by atoms with Gasteiger partial charge in [-0.15, -0.1) is 0 Å². The first-order chi connectivity index (χ1) is 23.3. The molecule has 4 fully saturated rings. The SMILES string of the molecule is CCCN(NC(=O)[C@@H]1[C@@H]2[C@H](CN1C(=O)[C@@H](NC(=O)N[C@H](CN1C(=O)C3CCC(C3)C1=O)C(C)(C)C)C(C)(C)C)C2(C)C)C(=O)c1ccccc1. The predicted octanol–water partition coefficient (Wildman–Crippen LogP) is 3.97. The van der Waals surface area contributed by atoms with Crippen molar-refractivity contribution < 1.29 is 28.8 Å². The topological polar surface area (TPSA) is 148 Å². The van der Waals surface area contributed by atoms with E-state index < -0.39 is 40.9 Å². The minimum Gasteiger partial charge on any atom is -0.333 e. The van der Waals surface area contributed by atoms with E-state index in [0.29, 0.717) is 44.3 Å². The predicted molar refractivity (Wildman–Crippen MR) is 188 cm³/mol. The highest BCUT2D eigenvalue weighted by Gasteiger charge is 2.70. The molecule has 5 rings (SSSR count). The zero-order valence-electron chi connectivity index (χ0n) is 31.2. The number of urea groups is 1. The van der Waals surface area contributed by atoms with Crippen LogP contribution in [0.1, 0.15) is 98.4 Å². The smallest absolute Gasteiger partial charge is 0.315 e. The van der Waals surface area contributed by atoms with Gasteiger partial charge in [-0.1, -0.05) is 80.5 Å². The number of imide groups is 1. The van der Waals surface area contributed by atoms with E-state index in [2.05, 4.69) is 29.9 Å². The molecule has 3 N–H and O–H groups in total. The van der Waals surface area contributed by atoms with Crippen LogP contribution in [0.5, 0.6) is 0 Å². The van der Waals surface area contributed by atoms with Crippen molar-refractivity contribution in [3.63, 3.8) is 0 Å². The number of hydrogen-bond acceptors (Lipinski definition) is 6. The van der Waals surface area contributed by atoms with Gasteiger partial charge < -0.3 is 15.5 Å². The highest BCUT2D eigenvalue weighted by molar-refractivity contribution is 6.01. The van der Waals surface area contributed by atoms with Crippen molar-refractivity contribution in [3.8, 4) is 0 Å². The molecule has 2 aliphatic carbocycles. The summed E-state index contributed by atoms with van der Waals surface area (Å²) in [6.45, 7) is 18.2. The molecular weight excluding hydrogens is 636 g/mol. The fraction of sp³-hybridized carbons (Fsp3) is 0.684. The van der Waals surface area contributed by atoms with E-state index >= 15 is 0 Å². The van der Waals surface area contributed by atoms with Crippen LogP contribution in [-0.2, 0) is 19.2 Å². The Hall–Kier alpha value is -3.96. The molecule has 274 valence electrons. The quantitative estimate of drug-likeness (QED) is 0.264. The second-order valence-electron chi connectivity index (χ2n) is 17.5. The van der Waals surface area contributed by atoms with Gasteiger partial charge in [0.15, 0.2) is 0 Å². The summed E-state index contributed by atoms with van der Waals surface area (Å²) < 4.78 is 0. The number of nitrogens with one attached hydrogen (secondary N) is 3. The number of fused-ring (bicyclic) bond motifs is 3. The van der Waals surface area contributed by atoms with Crippen LogP contribution in [0.3, 0.4) is 0 Å². The Morgan fingerprint density at radius 1 is 0.920 bits per heavy atom. The molecule has 0 spiro atoms. The number of amides is 7. The van der Waals surface area contributed by atoms with E-state index in [-0.39, 0.29) is 59.3 Å². The van der Waals surface area contributed by atoms with E-state index in [1.165, 1.54) is 9.91 Å². The first-order valence-electron chi connectivity index (χ1n) is 18.2. The standard InChI is InChI=1S/C38H56N6O6/c1-10-18-44(33(48)22-14-12-11-13-15-22)41-30(45)28-27-25(38(27,8)9)20-42(28)34(49)29(37(5,6)7)40-35(50)39-26(36(2,3)4)21-43-31(46)23-16-17-24(19-23)32(43)47/h11-15,23-29H,10,16-21H2,1-9H3,(H,41,45)(H2,39,40,50)/t23?,24?,25-,26+,27-,28-,29+/m0/s1. The summed E-state index contributed by atoms with van der Waals surface area (Å²) in [5.74, 6) is -1.79. The number of rotatable bonds is 9. The fourth-order valence-corrected chi connectivity index (χ4v) is 8.20. The first-order valence-corrected chi connectivity index (χ1v) is 18.2. The molecule has 2 unspecified atom stereocenters. The van der Waals surface area contributed by atoms with Crippen LogP contribution in [0.2, 0.25) is 0 Å². The molecular formula is C38H56N6O6. The van der Waals surface area contributed by atoms with Gasteiger partial charge in [0, 0.05) is 37.0 Å². The van der Waals surface area contributed by atoms with E-state index in [9.17, 15) is 28.8 Å². The Labute approximate surface area is 296 Å². The number of nitrogens with zero attached hydrogens (tertiary/aromatic N) is 3. The third kappa shape index (κ3) is 7.26. The average molecular weight is 693 g/mol. The second-order valence-corrected chi connectivity index (χ2v) is 17.5. The van der Waals surface area contributed by atoms with Crippen LogP contribution in [0.4, 0.5) is 4.79 Å². The second kappa shape index (κ2) is 13.6. The van der Waals surface area contributed by atoms with Crippen molar-refractivity contribution in [2.24, 2.45) is 39.9 Å². The van der Waals surface area contributed by atoms with Gasteiger partial charge in [-0.3, -0.25) is 34.3 Å². The van der Waals surface area contributed by atoms with Gasteiger partial charge in [0.2, 0.25) is 17.7 Å². The van der Waals surface area contributed by atoms with Crippen LogP contribution in [0, 0.1) is 39.9 Å². The molecule has 12 nitrogen and oxygen atoms in total. The van der Waals surface area contributed by atoms with Gasteiger partial charge in [-0.05, 0) is 65.9 Å². The highest BCUT2D eigenvalue weighted by Crippen LogP contribution is 2.65. The van der Waals surface area contributed by atoms with Crippen molar-refractivity contribution in [2.45, 2.75) is 106 Å². The van der Waals surface area contributed by atoms with Crippen LogP contribution >= 0.6 is 0 Å². The van der Waals surface area contributed by atoms with Crippen molar-refractivity contribution in [3.05, 3.63) is 35.9 Å². The molecule has 50 heavy (non-hydrogen) atoms. The van der Waals surface area contributed by atoms with Crippen LogP contribution in [-0.4, -0.2) is 88.1 Å². The number of carbonyl (C=O) groups is 6. The van der Waals surface area contributed by atoms with Crippen molar-refractivity contribution >= 4 is 35.6 Å². The normalized spacial score (nSPS) is 26.5. The van der Waals surface area contributed by atoms with Crippen molar-refractivity contribution in [1.29, 1.82) is 0 Å². The number of likely N-dealkylation sites (tertiary alicyclic amines) is 2. The summed E-state index contributed by atoms with van der Waals surface area (Å²) >= 11 is 0. The molecule has 2 bridgehead atoms. The van der Waals surface area contributed by atoms with Gasteiger partial charge in [0.1, 0.15) is 12.1 Å². The largest absolute Gasteiger partial charge is 0.333 e. The maximum atomic E-state index is 14.5. The van der Waals surface area contributed by atoms with Crippen LogP contribution in [0.25, 0.3) is 0 Å². The zero-order valence-corrected chi connectivity index (χ0v) is 31.2. The maximum Gasteiger partial charge on any atom is 0.315 e. The molecule has 12 heteroatoms. The number of benzene rings is 1. The van der Waals surface area contributed by atoms with Gasteiger partial charge in [-0.25, -0.2) is 9.80 Å². The Morgan fingerprint density at radius 2 is 1.52 bits per heavy atom. The Morgan fingerprint density at radius 3 is 2.06 bits per heavy atom. The molecule has 0 radical (unpaired) electrons. The minimum atomic E-state index is -0.995. The van der Waals surface area contributed by atoms with E-state index in [4.69, 9.17) is 0 Å². The van der Waals surface area contributed by atoms with Crippen LogP contribution in [0.15, 0.2) is 30.3 Å². The highest BCUT2D eigenvalue weighted by atomic mass is 16.2. The molecule has 1 aromatic rings. The molecule has 2 aliphatic heterocycles. The fourth-order valence-electron chi connectivity index (χ4n) is 8.20. The summed E-state index contributed by atoms with van der Waals surface area (Å²) in [5, 5.41) is 7.22. The maximum absolute atomic E-state index is 14.5. The molecule has 0 aromatic heterocycles. The summed E-state index contributed by atoms with van der Waals surface area (Å²) in [7, 11) is 0.